The fourth-order valence-corrected chi connectivity index (χ4v) is 4.68. The van der Waals surface area contributed by atoms with E-state index in [1.54, 1.807) is 6.08 Å². The highest BCUT2D eigenvalue weighted by Gasteiger charge is 2.13. The molecule has 196 valence electrons. The highest BCUT2D eigenvalue weighted by Crippen LogP contribution is 2.35. The molecule has 0 unspecified atom stereocenters. The molecule has 0 fully saturated rings. The molecular formula is C37H31NO2. The zero-order valence-electron chi connectivity index (χ0n) is 22.4. The van der Waals surface area contributed by atoms with Gasteiger partial charge in [-0.3, -0.25) is 0 Å². The summed E-state index contributed by atoms with van der Waals surface area (Å²) >= 11 is 0. The quantitative estimate of drug-likeness (QED) is 0.155. The molecule has 3 nitrogen and oxygen atoms in total. The maximum absolute atomic E-state index is 10.9. The SMILES string of the molecule is CCc1ccc(N(c2ccc(C=C(c3ccccc3)c3ccccc3)cc2)c2ccc(/C=C/C(=O)O)cc2)cc1. The number of anilines is 3. The van der Waals surface area contributed by atoms with Gasteiger partial charge in [-0.1, -0.05) is 104 Å². The minimum absolute atomic E-state index is 0.835. The van der Waals surface area contributed by atoms with Crippen LogP contribution in [0.1, 0.15) is 34.7 Å². The maximum Gasteiger partial charge on any atom is 0.328 e. The first-order valence-electron chi connectivity index (χ1n) is 13.4. The van der Waals surface area contributed by atoms with Crippen molar-refractivity contribution in [1.29, 1.82) is 0 Å². The molecule has 1 N–H and O–H groups in total. The fourth-order valence-electron chi connectivity index (χ4n) is 4.68. The number of carboxylic acids is 1. The topological polar surface area (TPSA) is 40.5 Å². The summed E-state index contributed by atoms with van der Waals surface area (Å²) in [6, 6.07) is 46.0. The number of carboxylic acid groups (broad SMARTS) is 1. The van der Waals surface area contributed by atoms with Crippen molar-refractivity contribution in [2.45, 2.75) is 13.3 Å². The van der Waals surface area contributed by atoms with Crippen LogP contribution in [0, 0.1) is 0 Å². The van der Waals surface area contributed by atoms with E-state index in [0.717, 1.165) is 40.7 Å². The molecule has 0 saturated carbocycles. The third-order valence-corrected chi connectivity index (χ3v) is 6.80. The average Bonchev–Trinajstić information content (AvgIpc) is 3.01. The standard InChI is InChI=1S/C37H31NO2/c1-2-28-13-20-33(21-14-28)38(34-22-15-29(16-23-34)19-26-37(39)40)35-24-17-30(18-25-35)27-36(31-9-5-3-6-10-31)32-11-7-4-8-12-32/h3-27H,2H2,1H3,(H,39,40)/b26-19+. The number of hydrogen-bond donors (Lipinski definition) is 1. The number of aliphatic carboxylic acids is 1. The van der Waals surface area contributed by atoms with Crippen LogP contribution in [0.3, 0.4) is 0 Å². The van der Waals surface area contributed by atoms with E-state index in [4.69, 9.17) is 5.11 Å². The summed E-state index contributed by atoms with van der Waals surface area (Å²) in [6.07, 6.45) is 5.97. The summed E-state index contributed by atoms with van der Waals surface area (Å²) in [5.41, 5.74) is 9.84. The van der Waals surface area contributed by atoms with E-state index in [2.05, 4.69) is 115 Å². The number of rotatable bonds is 9. The summed E-state index contributed by atoms with van der Waals surface area (Å²) < 4.78 is 0. The minimum atomic E-state index is -0.960. The number of hydrogen-bond acceptors (Lipinski definition) is 2. The molecule has 5 aromatic carbocycles. The van der Waals surface area contributed by atoms with Gasteiger partial charge >= 0.3 is 5.97 Å². The fraction of sp³-hybridized carbons (Fsp3) is 0.0541. The second-order valence-electron chi connectivity index (χ2n) is 9.50. The Morgan fingerprint density at radius 2 is 1.07 bits per heavy atom. The van der Waals surface area contributed by atoms with Gasteiger partial charge < -0.3 is 10.0 Å². The van der Waals surface area contributed by atoms with Gasteiger partial charge in [0.2, 0.25) is 0 Å². The molecule has 5 rings (SSSR count). The van der Waals surface area contributed by atoms with Gasteiger partial charge in [0, 0.05) is 23.1 Å². The summed E-state index contributed by atoms with van der Waals surface area (Å²) in [6.45, 7) is 2.15. The Morgan fingerprint density at radius 3 is 1.52 bits per heavy atom. The molecule has 3 heteroatoms. The van der Waals surface area contributed by atoms with Crippen LogP contribution in [-0.2, 0) is 11.2 Å². The molecule has 0 aliphatic heterocycles. The highest BCUT2D eigenvalue weighted by atomic mass is 16.4. The van der Waals surface area contributed by atoms with Crippen LogP contribution in [0.5, 0.6) is 0 Å². The van der Waals surface area contributed by atoms with Gasteiger partial charge in [-0.15, -0.1) is 0 Å². The van der Waals surface area contributed by atoms with Crippen LogP contribution in [0.15, 0.2) is 140 Å². The Morgan fingerprint density at radius 1 is 0.625 bits per heavy atom. The maximum atomic E-state index is 10.9. The van der Waals surface area contributed by atoms with Crippen LogP contribution in [0.25, 0.3) is 17.7 Å². The molecule has 0 atom stereocenters. The normalized spacial score (nSPS) is 10.8. The van der Waals surface area contributed by atoms with E-state index in [1.807, 2.05) is 36.4 Å². The lowest BCUT2D eigenvalue weighted by Gasteiger charge is -2.26. The largest absolute Gasteiger partial charge is 0.478 e. The Bertz CT molecular complexity index is 1560. The lowest BCUT2D eigenvalue weighted by Crippen LogP contribution is -2.10. The average molecular weight is 522 g/mol. The van der Waals surface area contributed by atoms with Crippen molar-refractivity contribution in [3.63, 3.8) is 0 Å². The van der Waals surface area contributed by atoms with E-state index >= 15 is 0 Å². The molecule has 40 heavy (non-hydrogen) atoms. The predicted octanol–water partition coefficient (Wildman–Crippen LogP) is 9.41. The first-order chi connectivity index (χ1) is 19.6. The number of aryl methyl sites for hydroxylation is 1. The molecule has 0 aliphatic rings. The Hall–Kier alpha value is -5.15. The van der Waals surface area contributed by atoms with Crippen LogP contribution in [0.2, 0.25) is 0 Å². The molecule has 0 heterocycles. The lowest BCUT2D eigenvalue weighted by atomic mass is 9.95. The number of nitrogens with zero attached hydrogens (tertiary/aromatic N) is 1. The van der Waals surface area contributed by atoms with Gasteiger partial charge in [-0.2, -0.15) is 0 Å². The van der Waals surface area contributed by atoms with Crippen molar-refractivity contribution in [2.24, 2.45) is 0 Å². The smallest absolute Gasteiger partial charge is 0.328 e. The van der Waals surface area contributed by atoms with Crippen LogP contribution < -0.4 is 4.90 Å². The van der Waals surface area contributed by atoms with E-state index in [9.17, 15) is 4.79 Å². The second kappa shape index (κ2) is 12.6. The minimum Gasteiger partial charge on any atom is -0.478 e. The van der Waals surface area contributed by atoms with Crippen molar-refractivity contribution < 1.29 is 9.90 Å². The third kappa shape index (κ3) is 6.46. The first-order valence-corrected chi connectivity index (χ1v) is 13.4. The Balaban J connectivity index is 1.52. The van der Waals surface area contributed by atoms with Gasteiger partial charge in [0.15, 0.2) is 0 Å². The van der Waals surface area contributed by atoms with Crippen molar-refractivity contribution in [3.05, 3.63) is 167 Å². The zero-order valence-corrected chi connectivity index (χ0v) is 22.4. The van der Waals surface area contributed by atoms with E-state index < -0.39 is 5.97 Å². The highest BCUT2D eigenvalue weighted by molar-refractivity contribution is 5.92. The van der Waals surface area contributed by atoms with Crippen molar-refractivity contribution in [1.82, 2.24) is 0 Å². The predicted molar refractivity (Wildman–Crippen MR) is 167 cm³/mol. The van der Waals surface area contributed by atoms with Gasteiger partial charge in [0.05, 0.1) is 0 Å². The Kier molecular flexibility index (Phi) is 8.33. The van der Waals surface area contributed by atoms with Crippen molar-refractivity contribution in [2.75, 3.05) is 4.90 Å². The first kappa shape index (κ1) is 26.5. The van der Waals surface area contributed by atoms with Gasteiger partial charge in [-0.05, 0) is 88.4 Å². The molecule has 0 aromatic heterocycles. The Labute approximate surface area is 236 Å². The number of carbonyl (C=O) groups is 1. The molecule has 0 saturated heterocycles. The van der Waals surface area contributed by atoms with Crippen LogP contribution >= 0.6 is 0 Å². The summed E-state index contributed by atoms with van der Waals surface area (Å²) in [7, 11) is 0. The zero-order chi connectivity index (χ0) is 27.7. The third-order valence-electron chi connectivity index (χ3n) is 6.80. The monoisotopic (exact) mass is 521 g/mol. The molecule has 0 spiro atoms. The summed E-state index contributed by atoms with van der Waals surface area (Å²) in [5, 5.41) is 8.97. The van der Waals surface area contributed by atoms with Gasteiger partial charge in [0.25, 0.3) is 0 Å². The lowest BCUT2D eigenvalue weighted by molar-refractivity contribution is -0.131. The van der Waals surface area contributed by atoms with E-state index in [0.29, 0.717) is 0 Å². The van der Waals surface area contributed by atoms with E-state index in [-0.39, 0.29) is 0 Å². The van der Waals surface area contributed by atoms with Crippen molar-refractivity contribution in [3.8, 4) is 0 Å². The van der Waals surface area contributed by atoms with Crippen LogP contribution in [0.4, 0.5) is 17.1 Å². The molecule has 0 amide bonds. The molecular weight excluding hydrogens is 490 g/mol. The molecule has 0 aliphatic carbocycles. The van der Waals surface area contributed by atoms with Crippen LogP contribution in [-0.4, -0.2) is 11.1 Å². The van der Waals surface area contributed by atoms with Crippen molar-refractivity contribution >= 4 is 40.8 Å². The summed E-state index contributed by atoms with van der Waals surface area (Å²) in [5.74, 6) is -0.960. The van der Waals surface area contributed by atoms with E-state index in [1.165, 1.54) is 22.3 Å². The second-order valence-corrected chi connectivity index (χ2v) is 9.50. The molecule has 5 aromatic rings. The van der Waals surface area contributed by atoms with Gasteiger partial charge in [-0.25, -0.2) is 4.79 Å². The molecule has 0 radical (unpaired) electrons. The summed E-state index contributed by atoms with van der Waals surface area (Å²) in [4.78, 5) is 13.1. The number of benzene rings is 5. The van der Waals surface area contributed by atoms with Gasteiger partial charge in [0.1, 0.15) is 0 Å². The molecule has 0 bridgehead atoms.